The summed E-state index contributed by atoms with van der Waals surface area (Å²) >= 11 is 5.85. The average molecular weight is 402 g/mol. The summed E-state index contributed by atoms with van der Waals surface area (Å²) in [5.74, 6) is 0.606. The van der Waals surface area contributed by atoms with Crippen LogP contribution in [0.15, 0.2) is 36.4 Å². The van der Waals surface area contributed by atoms with Gasteiger partial charge < -0.3 is 15.0 Å². The molecule has 0 aliphatic carbocycles. The molecule has 1 aromatic heterocycles. The number of hydrogen-bond acceptors (Lipinski definition) is 4. The van der Waals surface area contributed by atoms with Crippen molar-refractivity contribution in [3.05, 3.63) is 58.4 Å². The molecule has 2 amide bonds. The Morgan fingerprint density at radius 2 is 1.86 bits per heavy atom. The lowest BCUT2D eigenvalue weighted by atomic mass is 9.90. The van der Waals surface area contributed by atoms with E-state index < -0.39 is 0 Å². The molecule has 1 aliphatic rings. The fourth-order valence-electron chi connectivity index (χ4n) is 3.38. The minimum absolute atomic E-state index is 0.00150. The van der Waals surface area contributed by atoms with Crippen LogP contribution in [0, 0.1) is 6.92 Å². The molecule has 0 radical (unpaired) electrons. The summed E-state index contributed by atoms with van der Waals surface area (Å²) in [6.07, 6.45) is 1.54. The van der Waals surface area contributed by atoms with Crippen molar-refractivity contribution in [3.63, 3.8) is 0 Å². The lowest BCUT2D eigenvalue weighted by Crippen LogP contribution is -2.41. The maximum atomic E-state index is 12.5. The van der Waals surface area contributed by atoms with E-state index in [0.29, 0.717) is 29.4 Å². The summed E-state index contributed by atoms with van der Waals surface area (Å²) < 4.78 is 5.55. The minimum Gasteiger partial charge on any atom is -0.484 e. The Morgan fingerprint density at radius 3 is 2.50 bits per heavy atom. The zero-order chi connectivity index (χ0) is 20.1. The lowest BCUT2D eigenvalue weighted by Gasteiger charge is -2.32. The maximum absolute atomic E-state index is 12.5. The Bertz CT molecular complexity index is 846. The normalized spacial score (nSPS) is 14.6. The molecule has 7 heteroatoms. The van der Waals surface area contributed by atoms with Crippen LogP contribution in [-0.4, -0.2) is 48.4 Å². The molecule has 2 heterocycles. The van der Waals surface area contributed by atoms with Crippen molar-refractivity contribution in [2.45, 2.75) is 25.7 Å². The summed E-state index contributed by atoms with van der Waals surface area (Å²) in [6.45, 7) is 3.16. The van der Waals surface area contributed by atoms with E-state index in [0.717, 1.165) is 24.2 Å². The second-order valence-corrected chi connectivity index (χ2v) is 7.30. The van der Waals surface area contributed by atoms with Crippen molar-refractivity contribution in [1.29, 1.82) is 0 Å². The molecular formula is C21H24ClN3O3. The van der Waals surface area contributed by atoms with Crippen LogP contribution in [0.2, 0.25) is 5.02 Å². The van der Waals surface area contributed by atoms with Crippen LogP contribution in [0.4, 0.5) is 0 Å². The number of pyridine rings is 1. The summed E-state index contributed by atoms with van der Waals surface area (Å²) in [6, 6.07) is 10.6. The Labute approximate surface area is 169 Å². The first-order chi connectivity index (χ1) is 13.5. The zero-order valence-corrected chi connectivity index (χ0v) is 16.8. The number of benzene rings is 1. The summed E-state index contributed by atoms with van der Waals surface area (Å²) in [4.78, 5) is 31.0. The van der Waals surface area contributed by atoms with E-state index in [1.807, 2.05) is 24.0 Å². The Hall–Kier alpha value is -2.60. The molecule has 1 aliphatic heterocycles. The maximum Gasteiger partial charge on any atom is 0.260 e. The molecule has 1 fully saturated rings. The second-order valence-electron chi connectivity index (χ2n) is 6.86. The van der Waals surface area contributed by atoms with E-state index in [1.54, 1.807) is 31.3 Å². The van der Waals surface area contributed by atoms with Gasteiger partial charge in [0.2, 0.25) is 0 Å². The fraction of sp³-hybridized carbons (Fsp3) is 0.381. The number of ether oxygens (including phenoxy) is 1. The average Bonchev–Trinajstić information content (AvgIpc) is 2.72. The van der Waals surface area contributed by atoms with Gasteiger partial charge in [-0.2, -0.15) is 0 Å². The quantitative estimate of drug-likeness (QED) is 0.835. The number of nitrogens with zero attached hydrogens (tertiary/aromatic N) is 2. The van der Waals surface area contributed by atoms with Gasteiger partial charge in [-0.15, -0.1) is 0 Å². The van der Waals surface area contributed by atoms with Gasteiger partial charge in [-0.25, -0.2) is 0 Å². The number of nitrogens with one attached hydrogen (secondary N) is 1. The van der Waals surface area contributed by atoms with Crippen LogP contribution in [0.3, 0.4) is 0 Å². The molecule has 1 aromatic carbocycles. The van der Waals surface area contributed by atoms with Gasteiger partial charge in [0, 0.05) is 36.8 Å². The van der Waals surface area contributed by atoms with Crippen LogP contribution in [0.1, 0.15) is 40.5 Å². The molecule has 6 nitrogen and oxygen atoms in total. The number of halogens is 1. The molecule has 28 heavy (non-hydrogen) atoms. The molecular weight excluding hydrogens is 378 g/mol. The second kappa shape index (κ2) is 9.06. The minimum atomic E-state index is -0.127. The highest BCUT2D eigenvalue weighted by molar-refractivity contribution is 6.30. The van der Waals surface area contributed by atoms with Gasteiger partial charge in [-0.3, -0.25) is 14.6 Å². The standard InChI is InChI=1S/C21H24ClN3O3/c1-14-3-8-18(21(27)23-2)20(24-14)15-9-11-25(12-10-15)19(26)13-28-17-6-4-16(22)5-7-17/h3-8,15H,9-13H2,1-2H3,(H,23,27). The third kappa shape index (κ3) is 4.81. The molecule has 0 unspecified atom stereocenters. The summed E-state index contributed by atoms with van der Waals surface area (Å²) in [5, 5.41) is 3.30. The number of rotatable bonds is 5. The van der Waals surface area contributed by atoms with E-state index in [-0.39, 0.29) is 24.3 Å². The van der Waals surface area contributed by atoms with Crippen LogP contribution >= 0.6 is 11.6 Å². The summed E-state index contributed by atoms with van der Waals surface area (Å²) in [7, 11) is 1.62. The van der Waals surface area contributed by atoms with Gasteiger partial charge in [-0.1, -0.05) is 11.6 Å². The highest BCUT2D eigenvalue weighted by atomic mass is 35.5. The van der Waals surface area contributed by atoms with Gasteiger partial charge in [0.05, 0.1) is 11.3 Å². The monoisotopic (exact) mass is 401 g/mol. The molecule has 3 rings (SSSR count). The van der Waals surface area contributed by atoms with Crippen molar-refractivity contribution < 1.29 is 14.3 Å². The van der Waals surface area contributed by atoms with Crippen molar-refractivity contribution in [2.75, 3.05) is 26.7 Å². The van der Waals surface area contributed by atoms with Gasteiger partial charge in [-0.05, 0) is 56.2 Å². The van der Waals surface area contributed by atoms with E-state index >= 15 is 0 Å². The molecule has 1 N–H and O–H groups in total. The van der Waals surface area contributed by atoms with Crippen LogP contribution in [0.5, 0.6) is 5.75 Å². The molecule has 0 bridgehead atoms. The number of aryl methyl sites for hydroxylation is 1. The number of carbonyl (C=O) groups is 2. The third-order valence-corrected chi connectivity index (χ3v) is 5.20. The number of amides is 2. The SMILES string of the molecule is CNC(=O)c1ccc(C)nc1C1CCN(C(=O)COc2ccc(Cl)cc2)CC1. The first-order valence-corrected chi connectivity index (χ1v) is 9.71. The van der Waals surface area contributed by atoms with Crippen LogP contribution in [-0.2, 0) is 4.79 Å². The number of piperidine rings is 1. The Kier molecular flexibility index (Phi) is 6.52. The lowest BCUT2D eigenvalue weighted by molar-refractivity contribution is -0.134. The molecule has 2 aromatic rings. The number of likely N-dealkylation sites (tertiary alicyclic amines) is 1. The first-order valence-electron chi connectivity index (χ1n) is 9.33. The largest absolute Gasteiger partial charge is 0.484 e. The number of aromatic nitrogens is 1. The highest BCUT2D eigenvalue weighted by Crippen LogP contribution is 2.29. The third-order valence-electron chi connectivity index (χ3n) is 4.95. The van der Waals surface area contributed by atoms with E-state index in [1.165, 1.54) is 0 Å². The molecule has 0 spiro atoms. The van der Waals surface area contributed by atoms with E-state index in [4.69, 9.17) is 16.3 Å². The Morgan fingerprint density at radius 1 is 1.18 bits per heavy atom. The molecule has 0 atom stereocenters. The van der Waals surface area contributed by atoms with Crippen molar-refractivity contribution >= 4 is 23.4 Å². The summed E-state index contributed by atoms with van der Waals surface area (Å²) in [5.41, 5.74) is 2.32. The predicted octanol–water partition coefficient (Wildman–Crippen LogP) is 3.19. The van der Waals surface area contributed by atoms with E-state index in [9.17, 15) is 9.59 Å². The van der Waals surface area contributed by atoms with Crippen LogP contribution in [0.25, 0.3) is 0 Å². The Balaban J connectivity index is 1.58. The molecule has 0 saturated carbocycles. The molecule has 1 saturated heterocycles. The van der Waals surface area contributed by atoms with Gasteiger partial charge in [0.15, 0.2) is 6.61 Å². The number of carbonyl (C=O) groups excluding carboxylic acids is 2. The van der Waals surface area contributed by atoms with Crippen molar-refractivity contribution in [1.82, 2.24) is 15.2 Å². The van der Waals surface area contributed by atoms with Gasteiger partial charge in [0.25, 0.3) is 11.8 Å². The smallest absolute Gasteiger partial charge is 0.260 e. The van der Waals surface area contributed by atoms with Crippen molar-refractivity contribution in [3.8, 4) is 5.75 Å². The van der Waals surface area contributed by atoms with Gasteiger partial charge >= 0.3 is 0 Å². The zero-order valence-electron chi connectivity index (χ0n) is 16.1. The van der Waals surface area contributed by atoms with Gasteiger partial charge in [0.1, 0.15) is 5.75 Å². The fourth-order valence-corrected chi connectivity index (χ4v) is 3.51. The van der Waals surface area contributed by atoms with E-state index in [2.05, 4.69) is 10.3 Å². The highest BCUT2D eigenvalue weighted by Gasteiger charge is 2.27. The number of hydrogen-bond donors (Lipinski definition) is 1. The molecule has 148 valence electrons. The van der Waals surface area contributed by atoms with Crippen LogP contribution < -0.4 is 10.1 Å². The first kappa shape index (κ1) is 20.1. The topological polar surface area (TPSA) is 71.5 Å². The predicted molar refractivity (Wildman–Crippen MR) is 108 cm³/mol. The van der Waals surface area contributed by atoms with Crippen molar-refractivity contribution in [2.24, 2.45) is 0 Å².